The lowest BCUT2D eigenvalue weighted by atomic mass is 10.0. The number of hydrogen-bond acceptors (Lipinski definition) is 2. The van der Waals surface area contributed by atoms with Gasteiger partial charge in [0.05, 0.1) is 6.61 Å². The first-order valence-electron chi connectivity index (χ1n) is 5.75. The quantitative estimate of drug-likeness (QED) is 0.687. The third-order valence-corrected chi connectivity index (χ3v) is 2.50. The van der Waals surface area contributed by atoms with Crippen LogP contribution in [-0.2, 0) is 0 Å². The van der Waals surface area contributed by atoms with Crippen molar-refractivity contribution in [3.8, 4) is 5.75 Å². The first kappa shape index (κ1) is 12.0. The fourth-order valence-corrected chi connectivity index (χ4v) is 1.60. The summed E-state index contributed by atoms with van der Waals surface area (Å²) in [5, 5.41) is 0. The van der Waals surface area contributed by atoms with E-state index in [9.17, 15) is 0 Å². The molecule has 0 amide bonds. The van der Waals surface area contributed by atoms with Crippen LogP contribution < -0.4 is 4.74 Å². The SMILES string of the molecule is CCCCOc1ccnc(C(C)C)c1C. The molecule has 0 unspecified atom stereocenters. The highest BCUT2D eigenvalue weighted by atomic mass is 16.5. The van der Waals surface area contributed by atoms with Crippen molar-refractivity contribution in [1.29, 1.82) is 0 Å². The molecule has 1 aromatic heterocycles. The van der Waals surface area contributed by atoms with Crippen molar-refractivity contribution in [2.24, 2.45) is 0 Å². The molecule has 0 N–H and O–H groups in total. The second kappa shape index (κ2) is 5.74. The van der Waals surface area contributed by atoms with Crippen molar-refractivity contribution in [2.75, 3.05) is 6.61 Å². The minimum absolute atomic E-state index is 0.458. The molecule has 2 nitrogen and oxygen atoms in total. The molecule has 0 fully saturated rings. The van der Waals surface area contributed by atoms with E-state index >= 15 is 0 Å². The minimum atomic E-state index is 0.458. The maximum atomic E-state index is 5.73. The maximum absolute atomic E-state index is 5.73. The van der Waals surface area contributed by atoms with Gasteiger partial charge in [0.2, 0.25) is 0 Å². The van der Waals surface area contributed by atoms with Crippen LogP contribution >= 0.6 is 0 Å². The van der Waals surface area contributed by atoms with E-state index in [0.717, 1.165) is 24.5 Å². The number of hydrogen-bond donors (Lipinski definition) is 0. The second-order valence-corrected chi connectivity index (χ2v) is 4.18. The van der Waals surface area contributed by atoms with Crippen molar-refractivity contribution in [3.63, 3.8) is 0 Å². The van der Waals surface area contributed by atoms with E-state index < -0.39 is 0 Å². The van der Waals surface area contributed by atoms with Gasteiger partial charge in [-0.05, 0) is 25.3 Å². The Labute approximate surface area is 92.7 Å². The van der Waals surface area contributed by atoms with E-state index in [-0.39, 0.29) is 0 Å². The zero-order valence-corrected chi connectivity index (χ0v) is 10.2. The van der Waals surface area contributed by atoms with Crippen LogP contribution in [0.25, 0.3) is 0 Å². The standard InChI is InChI=1S/C13H21NO/c1-5-6-9-15-12-7-8-14-13(10(2)3)11(12)4/h7-8,10H,5-6,9H2,1-4H3. The Hall–Kier alpha value is -1.05. The molecule has 0 aromatic carbocycles. The number of ether oxygens (including phenoxy) is 1. The Morgan fingerprint density at radius 2 is 2.13 bits per heavy atom. The van der Waals surface area contributed by atoms with Gasteiger partial charge < -0.3 is 4.74 Å². The molecule has 0 aliphatic heterocycles. The van der Waals surface area contributed by atoms with Crippen LogP contribution in [0.1, 0.15) is 50.8 Å². The monoisotopic (exact) mass is 207 g/mol. The molecule has 0 bridgehead atoms. The smallest absolute Gasteiger partial charge is 0.125 e. The highest BCUT2D eigenvalue weighted by molar-refractivity contribution is 5.35. The summed E-state index contributed by atoms with van der Waals surface area (Å²) >= 11 is 0. The Morgan fingerprint density at radius 3 is 2.73 bits per heavy atom. The Morgan fingerprint density at radius 1 is 1.40 bits per heavy atom. The van der Waals surface area contributed by atoms with Gasteiger partial charge in [-0.1, -0.05) is 27.2 Å². The topological polar surface area (TPSA) is 22.1 Å². The lowest BCUT2D eigenvalue weighted by molar-refractivity contribution is 0.306. The Kier molecular flexibility index (Phi) is 4.60. The van der Waals surface area contributed by atoms with Crippen LogP contribution in [-0.4, -0.2) is 11.6 Å². The van der Waals surface area contributed by atoms with Crippen LogP contribution in [0.3, 0.4) is 0 Å². The molecule has 0 atom stereocenters. The second-order valence-electron chi connectivity index (χ2n) is 4.18. The summed E-state index contributed by atoms with van der Waals surface area (Å²) in [7, 11) is 0. The molecule has 0 aliphatic carbocycles. The van der Waals surface area contributed by atoms with E-state index in [2.05, 4.69) is 32.7 Å². The molecule has 1 aromatic rings. The van der Waals surface area contributed by atoms with Gasteiger partial charge in [0.1, 0.15) is 5.75 Å². The van der Waals surface area contributed by atoms with Gasteiger partial charge in [0.15, 0.2) is 0 Å². The van der Waals surface area contributed by atoms with Gasteiger partial charge in [0, 0.05) is 17.5 Å². The molecule has 84 valence electrons. The van der Waals surface area contributed by atoms with Crippen molar-refractivity contribution in [3.05, 3.63) is 23.5 Å². The van der Waals surface area contributed by atoms with Gasteiger partial charge in [-0.25, -0.2) is 0 Å². The summed E-state index contributed by atoms with van der Waals surface area (Å²) < 4.78 is 5.73. The molecular formula is C13H21NO. The van der Waals surface area contributed by atoms with Gasteiger partial charge >= 0.3 is 0 Å². The number of unbranched alkanes of at least 4 members (excludes halogenated alkanes) is 1. The third-order valence-electron chi connectivity index (χ3n) is 2.50. The fourth-order valence-electron chi connectivity index (χ4n) is 1.60. The van der Waals surface area contributed by atoms with E-state index in [4.69, 9.17) is 4.74 Å². The van der Waals surface area contributed by atoms with E-state index in [1.807, 2.05) is 12.3 Å². The summed E-state index contributed by atoms with van der Waals surface area (Å²) in [5.41, 5.74) is 2.33. The van der Waals surface area contributed by atoms with Crippen LogP contribution in [0.4, 0.5) is 0 Å². The molecule has 0 saturated carbocycles. The summed E-state index contributed by atoms with van der Waals surface area (Å²) in [6, 6.07) is 1.96. The Bertz CT molecular complexity index is 307. The van der Waals surface area contributed by atoms with Gasteiger partial charge in [-0.2, -0.15) is 0 Å². The van der Waals surface area contributed by atoms with E-state index in [1.54, 1.807) is 0 Å². The van der Waals surface area contributed by atoms with Gasteiger partial charge in [0.25, 0.3) is 0 Å². The van der Waals surface area contributed by atoms with Gasteiger partial charge in [-0.3, -0.25) is 4.98 Å². The molecular weight excluding hydrogens is 186 g/mol. The molecule has 0 saturated heterocycles. The number of aromatic nitrogens is 1. The largest absolute Gasteiger partial charge is 0.493 e. The van der Waals surface area contributed by atoms with E-state index in [1.165, 1.54) is 12.0 Å². The first-order chi connectivity index (χ1) is 7.16. The van der Waals surface area contributed by atoms with Crippen LogP contribution in [0, 0.1) is 6.92 Å². The molecule has 0 radical (unpaired) electrons. The van der Waals surface area contributed by atoms with E-state index in [0.29, 0.717) is 5.92 Å². The molecule has 2 heteroatoms. The van der Waals surface area contributed by atoms with Crippen molar-refractivity contribution in [1.82, 2.24) is 4.98 Å². The summed E-state index contributed by atoms with van der Waals surface area (Å²) in [5.74, 6) is 1.45. The van der Waals surface area contributed by atoms with Crippen LogP contribution in [0.15, 0.2) is 12.3 Å². The lowest BCUT2D eigenvalue weighted by Gasteiger charge is -2.13. The summed E-state index contributed by atoms with van der Waals surface area (Å²) in [6.45, 7) is 9.38. The predicted molar refractivity (Wildman–Crippen MR) is 63.5 cm³/mol. The Balaban J connectivity index is 2.75. The predicted octanol–water partition coefficient (Wildman–Crippen LogP) is 3.69. The van der Waals surface area contributed by atoms with Crippen LogP contribution in [0.5, 0.6) is 5.75 Å². The van der Waals surface area contributed by atoms with Gasteiger partial charge in [-0.15, -0.1) is 0 Å². The maximum Gasteiger partial charge on any atom is 0.125 e. The average molecular weight is 207 g/mol. The zero-order valence-electron chi connectivity index (χ0n) is 10.2. The van der Waals surface area contributed by atoms with Crippen molar-refractivity contribution in [2.45, 2.75) is 46.5 Å². The first-order valence-corrected chi connectivity index (χ1v) is 5.75. The number of nitrogens with zero attached hydrogens (tertiary/aromatic N) is 1. The van der Waals surface area contributed by atoms with Crippen LogP contribution in [0.2, 0.25) is 0 Å². The average Bonchev–Trinajstić information content (AvgIpc) is 2.20. The number of rotatable bonds is 5. The highest BCUT2D eigenvalue weighted by Crippen LogP contribution is 2.24. The zero-order chi connectivity index (χ0) is 11.3. The highest BCUT2D eigenvalue weighted by Gasteiger charge is 2.09. The molecule has 15 heavy (non-hydrogen) atoms. The molecule has 1 heterocycles. The van der Waals surface area contributed by atoms with Crippen molar-refractivity contribution < 1.29 is 4.74 Å². The summed E-state index contributed by atoms with van der Waals surface area (Å²) in [6.07, 6.45) is 4.11. The molecule has 1 rings (SSSR count). The van der Waals surface area contributed by atoms with Crippen molar-refractivity contribution >= 4 is 0 Å². The normalized spacial score (nSPS) is 10.7. The minimum Gasteiger partial charge on any atom is -0.493 e. The third kappa shape index (κ3) is 3.22. The number of pyridine rings is 1. The fraction of sp³-hybridized carbons (Fsp3) is 0.615. The summed E-state index contributed by atoms with van der Waals surface area (Å²) in [4.78, 5) is 4.39. The lowest BCUT2D eigenvalue weighted by Crippen LogP contribution is -2.02. The molecule has 0 spiro atoms. The molecule has 0 aliphatic rings.